The quantitative estimate of drug-likeness (QED) is 0.319. The van der Waals surface area contributed by atoms with Gasteiger partial charge in [-0.1, -0.05) is 17.7 Å². The fourth-order valence-corrected chi connectivity index (χ4v) is 3.41. The zero-order chi connectivity index (χ0) is 20.5. The van der Waals surface area contributed by atoms with Gasteiger partial charge in [0.2, 0.25) is 0 Å². The van der Waals surface area contributed by atoms with Crippen molar-refractivity contribution >= 4 is 40.4 Å². The van der Waals surface area contributed by atoms with E-state index in [1.165, 1.54) is 10.6 Å². The first-order valence-electron chi connectivity index (χ1n) is 8.96. The highest BCUT2D eigenvalue weighted by molar-refractivity contribution is 6.32. The van der Waals surface area contributed by atoms with E-state index in [9.17, 15) is 9.59 Å². The fraction of sp³-hybridized carbons (Fsp3) is 0.150. The number of fused-ring (bicyclic) bond motifs is 2. The Morgan fingerprint density at radius 2 is 2.10 bits per heavy atom. The standard InChI is InChI=1S/C20H17ClN6O2/c1-3-26-12(2)23-15-10-13(7-8-16(15)26)19(28)25-22-11-14-18(21)24-17-6-4-5-9-27(17)20(14)29/h4-11H,3H2,1-2H3,(H,25,28)/b22-11-. The molecule has 29 heavy (non-hydrogen) atoms. The Labute approximate surface area is 170 Å². The van der Waals surface area contributed by atoms with Crippen LogP contribution in [0.1, 0.15) is 28.7 Å². The second kappa shape index (κ2) is 7.48. The van der Waals surface area contributed by atoms with Gasteiger partial charge in [0.05, 0.1) is 22.8 Å². The Balaban J connectivity index is 1.58. The third-order valence-electron chi connectivity index (χ3n) is 4.60. The number of aryl methyl sites for hydroxylation is 2. The van der Waals surface area contributed by atoms with Crippen molar-refractivity contribution in [3.63, 3.8) is 0 Å². The number of carbonyl (C=O) groups is 1. The molecule has 4 rings (SSSR count). The van der Waals surface area contributed by atoms with Crippen LogP contribution in [-0.2, 0) is 6.54 Å². The summed E-state index contributed by atoms with van der Waals surface area (Å²) in [6, 6.07) is 10.4. The van der Waals surface area contributed by atoms with Gasteiger partial charge in [0.15, 0.2) is 0 Å². The zero-order valence-electron chi connectivity index (χ0n) is 15.8. The van der Waals surface area contributed by atoms with Gasteiger partial charge in [-0.2, -0.15) is 5.10 Å². The van der Waals surface area contributed by atoms with E-state index in [-0.39, 0.29) is 16.3 Å². The lowest BCUT2D eigenvalue weighted by atomic mass is 10.2. The number of pyridine rings is 1. The Morgan fingerprint density at radius 3 is 2.90 bits per heavy atom. The van der Waals surface area contributed by atoms with E-state index in [1.54, 1.807) is 36.5 Å². The molecule has 3 aromatic heterocycles. The van der Waals surface area contributed by atoms with Crippen molar-refractivity contribution in [1.29, 1.82) is 0 Å². The summed E-state index contributed by atoms with van der Waals surface area (Å²) in [6.07, 6.45) is 2.78. The van der Waals surface area contributed by atoms with Crippen molar-refractivity contribution in [2.45, 2.75) is 20.4 Å². The topological polar surface area (TPSA) is 93.7 Å². The van der Waals surface area contributed by atoms with Gasteiger partial charge < -0.3 is 4.57 Å². The average Bonchev–Trinajstić information content (AvgIpc) is 3.04. The number of carbonyl (C=O) groups excluding carboxylic acids is 1. The number of benzene rings is 1. The molecule has 146 valence electrons. The molecule has 1 aromatic carbocycles. The van der Waals surface area contributed by atoms with Gasteiger partial charge in [-0.25, -0.2) is 15.4 Å². The Bertz CT molecular complexity index is 1340. The third kappa shape index (κ3) is 3.38. The molecule has 0 aliphatic heterocycles. The number of amides is 1. The summed E-state index contributed by atoms with van der Waals surface area (Å²) in [5.41, 5.74) is 4.67. The van der Waals surface area contributed by atoms with Gasteiger partial charge in [-0.3, -0.25) is 14.0 Å². The lowest BCUT2D eigenvalue weighted by Gasteiger charge is -2.04. The van der Waals surface area contributed by atoms with Crippen LogP contribution in [0.15, 0.2) is 52.5 Å². The predicted molar refractivity (Wildman–Crippen MR) is 112 cm³/mol. The molecule has 0 unspecified atom stereocenters. The van der Waals surface area contributed by atoms with Crippen LogP contribution in [0.5, 0.6) is 0 Å². The van der Waals surface area contributed by atoms with Crippen molar-refractivity contribution in [2.24, 2.45) is 5.10 Å². The molecule has 0 fully saturated rings. The molecule has 9 heteroatoms. The lowest BCUT2D eigenvalue weighted by Crippen LogP contribution is -2.22. The number of imidazole rings is 1. The molecule has 8 nitrogen and oxygen atoms in total. The molecule has 0 spiro atoms. The van der Waals surface area contributed by atoms with Crippen LogP contribution in [0.4, 0.5) is 0 Å². The summed E-state index contributed by atoms with van der Waals surface area (Å²) in [4.78, 5) is 33.6. The van der Waals surface area contributed by atoms with Crippen LogP contribution in [0.3, 0.4) is 0 Å². The minimum Gasteiger partial charge on any atom is -0.329 e. The molecule has 0 bridgehead atoms. The fourth-order valence-electron chi connectivity index (χ4n) is 3.19. The molecule has 0 atom stereocenters. The molecule has 3 heterocycles. The van der Waals surface area contributed by atoms with Crippen molar-refractivity contribution in [2.75, 3.05) is 0 Å². The maximum Gasteiger partial charge on any atom is 0.271 e. The Morgan fingerprint density at radius 1 is 1.28 bits per heavy atom. The van der Waals surface area contributed by atoms with Crippen molar-refractivity contribution in [3.05, 3.63) is 75.1 Å². The SMILES string of the molecule is CCn1c(C)nc2cc(C(=O)N/N=C\c3c(Cl)nc4ccccn4c3=O)ccc21. The molecule has 0 aliphatic carbocycles. The van der Waals surface area contributed by atoms with Crippen LogP contribution >= 0.6 is 11.6 Å². The molecular weight excluding hydrogens is 392 g/mol. The summed E-state index contributed by atoms with van der Waals surface area (Å²) >= 11 is 6.10. The van der Waals surface area contributed by atoms with E-state index in [0.717, 1.165) is 23.4 Å². The Hall–Kier alpha value is -3.52. The summed E-state index contributed by atoms with van der Waals surface area (Å²) in [7, 11) is 0. The zero-order valence-corrected chi connectivity index (χ0v) is 16.5. The van der Waals surface area contributed by atoms with Gasteiger partial charge >= 0.3 is 0 Å². The summed E-state index contributed by atoms with van der Waals surface area (Å²) < 4.78 is 3.42. The number of rotatable bonds is 4. The van der Waals surface area contributed by atoms with Crippen molar-refractivity contribution in [3.8, 4) is 0 Å². The predicted octanol–water partition coefficient (Wildman–Crippen LogP) is 2.79. The summed E-state index contributed by atoms with van der Waals surface area (Å²) in [6.45, 7) is 4.76. The van der Waals surface area contributed by atoms with Crippen LogP contribution in [-0.4, -0.2) is 31.1 Å². The molecule has 0 saturated carbocycles. The minimum absolute atomic E-state index is 0.0150. The number of halogens is 1. The molecule has 0 aliphatic rings. The van der Waals surface area contributed by atoms with Gasteiger partial charge in [-0.15, -0.1) is 0 Å². The van der Waals surface area contributed by atoms with Crippen LogP contribution in [0.25, 0.3) is 16.7 Å². The highest BCUT2D eigenvalue weighted by Crippen LogP contribution is 2.17. The van der Waals surface area contributed by atoms with E-state index in [0.29, 0.717) is 11.2 Å². The molecule has 1 amide bonds. The molecular formula is C20H17ClN6O2. The first-order valence-corrected chi connectivity index (χ1v) is 9.34. The van der Waals surface area contributed by atoms with Crippen LogP contribution in [0, 0.1) is 6.92 Å². The van der Waals surface area contributed by atoms with Gasteiger partial charge in [0.1, 0.15) is 16.6 Å². The summed E-state index contributed by atoms with van der Waals surface area (Å²) in [5, 5.41) is 3.89. The summed E-state index contributed by atoms with van der Waals surface area (Å²) in [5.74, 6) is 0.467. The number of nitrogens with one attached hydrogen (secondary N) is 1. The van der Waals surface area contributed by atoms with Crippen molar-refractivity contribution < 1.29 is 4.79 Å². The number of hydrogen-bond donors (Lipinski definition) is 1. The van der Waals surface area contributed by atoms with Crippen molar-refractivity contribution in [1.82, 2.24) is 24.4 Å². The maximum absolute atomic E-state index is 12.5. The second-order valence-electron chi connectivity index (χ2n) is 6.36. The number of hydrogen-bond acceptors (Lipinski definition) is 5. The highest BCUT2D eigenvalue weighted by atomic mass is 35.5. The average molecular weight is 409 g/mol. The van der Waals surface area contributed by atoms with Crippen LogP contribution in [0.2, 0.25) is 5.15 Å². The molecule has 0 saturated heterocycles. The van der Waals surface area contributed by atoms with Gasteiger partial charge in [0, 0.05) is 18.3 Å². The normalized spacial score (nSPS) is 11.6. The lowest BCUT2D eigenvalue weighted by molar-refractivity contribution is 0.0955. The maximum atomic E-state index is 12.5. The third-order valence-corrected chi connectivity index (χ3v) is 4.89. The highest BCUT2D eigenvalue weighted by Gasteiger charge is 2.12. The Kier molecular flexibility index (Phi) is 4.85. The first kappa shape index (κ1) is 18.8. The van der Waals surface area contributed by atoms with E-state index >= 15 is 0 Å². The monoisotopic (exact) mass is 408 g/mol. The molecule has 4 aromatic rings. The van der Waals surface area contributed by atoms with E-state index < -0.39 is 5.91 Å². The second-order valence-corrected chi connectivity index (χ2v) is 6.71. The number of nitrogens with zero attached hydrogens (tertiary/aromatic N) is 5. The molecule has 1 N–H and O–H groups in total. The first-order chi connectivity index (χ1) is 14.0. The van der Waals surface area contributed by atoms with Gasteiger partial charge in [-0.05, 0) is 44.2 Å². The smallest absolute Gasteiger partial charge is 0.271 e. The van der Waals surface area contributed by atoms with E-state index in [1.807, 2.05) is 19.9 Å². The van der Waals surface area contributed by atoms with E-state index in [4.69, 9.17) is 11.6 Å². The van der Waals surface area contributed by atoms with E-state index in [2.05, 4.69) is 25.1 Å². The van der Waals surface area contributed by atoms with Gasteiger partial charge in [0.25, 0.3) is 11.5 Å². The minimum atomic E-state index is -0.420. The largest absolute Gasteiger partial charge is 0.329 e. The van der Waals surface area contributed by atoms with Crippen LogP contribution < -0.4 is 11.0 Å². The molecule has 0 radical (unpaired) electrons. The number of aromatic nitrogens is 4. The number of hydrazone groups is 1.